The summed E-state index contributed by atoms with van der Waals surface area (Å²) in [5.74, 6) is -3.05. The standard InChI is InChI=1S/C21H22FN3O2.C2HF3O2/c1-24-13-18(15-5-3-2-4-6-15)21(20(24)27)9-10-25(14-21)19(26)11-17-8-7-16(22)12-23-17;3-2(4,5)1(6)7/h2-8,12,18H,9-11,13-14H2,1H3;(H,6,7). The minimum Gasteiger partial charge on any atom is -0.475 e. The van der Waals surface area contributed by atoms with E-state index in [0.717, 1.165) is 11.8 Å². The number of likely N-dealkylation sites (tertiary alicyclic amines) is 2. The van der Waals surface area contributed by atoms with Crippen LogP contribution in [0.2, 0.25) is 0 Å². The minimum absolute atomic E-state index is 0.0693. The Morgan fingerprint density at radius 1 is 1.18 bits per heavy atom. The molecule has 34 heavy (non-hydrogen) atoms. The summed E-state index contributed by atoms with van der Waals surface area (Å²) in [6.45, 7) is 1.66. The Kier molecular flexibility index (Phi) is 7.23. The molecule has 2 saturated heterocycles. The summed E-state index contributed by atoms with van der Waals surface area (Å²) >= 11 is 0. The number of pyridine rings is 1. The van der Waals surface area contributed by atoms with Crippen LogP contribution in [0, 0.1) is 11.2 Å². The molecular formula is C23H23F4N3O4. The molecule has 7 nitrogen and oxygen atoms in total. The number of hydrogen-bond donors (Lipinski definition) is 1. The third kappa shape index (κ3) is 5.35. The van der Waals surface area contributed by atoms with Crippen LogP contribution in [-0.2, 0) is 20.8 Å². The van der Waals surface area contributed by atoms with Crippen molar-refractivity contribution in [3.63, 3.8) is 0 Å². The van der Waals surface area contributed by atoms with Gasteiger partial charge in [-0.25, -0.2) is 9.18 Å². The van der Waals surface area contributed by atoms with Crippen LogP contribution in [-0.4, -0.2) is 70.5 Å². The molecule has 2 aliphatic rings. The molecule has 2 fully saturated rings. The zero-order valence-electron chi connectivity index (χ0n) is 18.3. The number of aromatic nitrogens is 1. The molecule has 2 atom stereocenters. The molecule has 0 saturated carbocycles. The van der Waals surface area contributed by atoms with Gasteiger partial charge in [-0.3, -0.25) is 14.6 Å². The molecular weight excluding hydrogens is 458 g/mol. The molecule has 182 valence electrons. The minimum atomic E-state index is -5.08. The molecule has 4 rings (SSSR count). The second-order valence-corrected chi connectivity index (χ2v) is 8.32. The van der Waals surface area contributed by atoms with E-state index in [0.29, 0.717) is 31.7 Å². The zero-order chi connectivity index (χ0) is 25.1. The molecule has 2 aromatic rings. The summed E-state index contributed by atoms with van der Waals surface area (Å²) in [7, 11) is 1.83. The molecule has 2 aliphatic heterocycles. The van der Waals surface area contributed by atoms with Crippen molar-refractivity contribution in [1.82, 2.24) is 14.8 Å². The SMILES string of the molecule is CN1CC(c2ccccc2)C2(CCN(C(=O)Cc3ccc(F)cn3)C2)C1=O.O=C(O)C(F)(F)F. The third-order valence-corrected chi connectivity index (χ3v) is 6.12. The number of aliphatic carboxylic acids is 1. The van der Waals surface area contributed by atoms with Crippen molar-refractivity contribution in [2.75, 3.05) is 26.7 Å². The predicted molar refractivity (Wildman–Crippen MR) is 112 cm³/mol. The summed E-state index contributed by atoms with van der Waals surface area (Å²) in [4.78, 5) is 42.2. The smallest absolute Gasteiger partial charge is 0.475 e. The first-order valence-electron chi connectivity index (χ1n) is 10.4. The zero-order valence-corrected chi connectivity index (χ0v) is 18.3. The lowest BCUT2D eigenvalue weighted by Crippen LogP contribution is -2.39. The van der Waals surface area contributed by atoms with Crippen LogP contribution in [0.5, 0.6) is 0 Å². The lowest BCUT2D eigenvalue weighted by molar-refractivity contribution is -0.192. The van der Waals surface area contributed by atoms with Crippen molar-refractivity contribution >= 4 is 17.8 Å². The van der Waals surface area contributed by atoms with Crippen molar-refractivity contribution in [3.05, 3.63) is 65.7 Å². The number of benzene rings is 1. The Morgan fingerprint density at radius 2 is 1.82 bits per heavy atom. The van der Waals surface area contributed by atoms with E-state index in [-0.39, 0.29) is 24.2 Å². The molecule has 2 amide bonds. The van der Waals surface area contributed by atoms with Crippen molar-refractivity contribution in [1.29, 1.82) is 0 Å². The molecule has 11 heteroatoms. The van der Waals surface area contributed by atoms with Gasteiger partial charge in [-0.1, -0.05) is 30.3 Å². The molecule has 2 unspecified atom stereocenters. The lowest BCUT2D eigenvalue weighted by Gasteiger charge is -2.28. The summed E-state index contributed by atoms with van der Waals surface area (Å²) < 4.78 is 44.7. The van der Waals surface area contributed by atoms with Crippen LogP contribution in [0.25, 0.3) is 0 Å². The van der Waals surface area contributed by atoms with E-state index in [1.165, 1.54) is 12.1 Å². The Morgan fingerprint density at radius 3 is 2.38 bits per heavy atom. The van der Waals surface area contributed by atoms with E-state index < -0.39 is 23.4 Å². The topological polar surface area (TPSA) is 90.8 Å². The maximum Gasteiger partial charge on any atom is 0.490 e. The van der Waals surface area contributed by atoms with Gasteiger partial charge in [0.2, 0.25) is 11.8 Å². The molecule has 0 bridgehead atoms. The lowest BCUT2D eigenvalue weighted by atomic mass is 9.73. The van der Waals surface area contributed by atoms with Gasteiger partial charge in [0.15, 0.2) is 0 Å². The Balaban J connectivity index is 0.000000406. The fourth-order valence-electron chi connectivity index (χ4n) is 4.45. The highest BCUT2D eigenvalue weighted by Gasteiger charge is 2.57. The van der Waals surface area contributed by atoms with Crippen molar-refractivity contribution < 1.29 is 37.1 Å². The molecule has 0 aliphatic carbocycles. The van der Waals surface area contributed by atoms with Gasteiger partial charge in [-0.05, 0) is 24.1 Å². The highest BCUT2D eigenvalue weighted by atomic mass is 19.4. The second-order valence-electron chi connectivity index (χ2n) is 8.32. The van der Waals surface area contributed by atoms with Gasteiger partial charge >= 0.3 is 12.1 Å². The van der Waals surface area contributed by atoms with Gasteiger partial charge in [0.25, 0.3) is 0 Å². The number of carboxylic acid groups (broad SMARTS) is 1. The Bertz CT molecular complexity index is 1050. The molecule has 1 aromatic carbocycles. The number of nitrogens with zero attached hydrogens (tertiary/aromatic N) is 3. The summed E-state index contributed by atoms with van der Waals surface area (Å²) in [5.41, 5.74) is 1.13. The number of likely N-dealkylation sites (N-methyl/N-ethyl adjacent to an activating group) is 1. The van der Waals surface area contributed by atoms with E-state index in [9.17, 15) is 27.2 Å². The van der Waals surface area contributed by atoms with E-state index in [4.69, 9.17) is 9.90 Å². The number of amides is 2. The fourth-order valence-corrected chi connectivity index (χ4v) is 4.45. The molecule has 1 spiro atoms. The predicted octanol–water partition coefficient (Wildman–Crippen LogP) is 2.87. The van der Waals surface area contributed by atoms with Crippen LogP contribution < -0.4 is 0 Å². The second kappa shape index (κ2) is 9.78. The largest absolute Gasteiger partial charge is 0.490 e. The van der Waals surface area contributed by atoms with Gasteiger partial charge in [0.05, 0.1) is 18.0 Å². The van der Waals surface area contributed by atoms with E-state index in [1.54, 1.807) is 9.80 Å². The van der Waals surface area contributed by atoms with Gasteiger partial charge in [-0.15, -0.1) is 0 Å². The van der Waals surface area contributed by atoms with E-state index in [1.807, 2.05) is 25.2 Å². The maximum absolute atomic E-state index is 13.0. The third-order valence-electron chi connectivity index (χ3n) is 6.12. The van der Waals surface area contributed by atoms with Gasteiger partial charge in [-0.2, -0.15) is 13.2 Å². The number of alkyl halides is 3. The highest BCUT2D eigenvalue weighted by Crippen LogP contribution is 2.49. The number of rotatable bonds is 3. The van der Waals surface area contributed by atoms with Crippen LogP contribution in [0.4, 0.5) is 17.6 Å². The van der Waals surface area contributed by atoms with Crippen LogP contribution in [0.1, 0.15) is 23.6 Å². The normalized spacial score (nSPS) is 22.0. The van der Waals surface area contributed by atoms with Gasteiger partial charge < -0.3 is 14.9 Å². The van der Waals surface area contributed by atoms with Gasteiger partial charge in [0, 0.05) is 38.3 Å². The summed E-state index contributed by atoms with van der Waals surface area (Å²) in [6, 6.07) is 12.9. The van der Waals surface area contributed by atoms with Crippen LogP contribution in [0.3, 0.4) is 0 Å². The van der Waals surface area contributed by atoms with E-state index in [2.05, 4.69) is 17.1 Å². The number of carbonyl (C=O) groups excluding carboxylic acids is 2. The highest BCUT2D eigenvalue weighted by molar-refractivity contribution is 5.89. The summed E-state index contributed by atoms with van der Waals surface area (Å²) in [6.07, 6.45) is -3.18. The Labute approximate surface area is 193 Å². The van der Waals surface area contributed by atoms with Crippen molar-refractivity contribution in [2.45, 2.75) is 24.9 Å². The molecule has 1 N–H and O–H groups in total. The monoisotopic (exact) mass is 481 g/mol. The van der Waals surface area contributed by atoms with Crippen molar-refractivity contribution in [2.24, 2.45) is 5.41 Å². The molecule has 1 aromatic heterocycles. The number of carboxylic acids is 1. The quantitative estimate of drug-likeness (QED) is 0.681. The van der Waals surface area contributed by atoms with Crippen LogP contribution in [0.15, 0.2) is 48.7 Å². The Hall–Kier alpha value is -3.50. The fraction of sp³-hybridized carbons (Fsp3) is 0.391. The number of hydrogen-bond acceptors (Lipinski definition) is 4. The first-order valence-corrected chi connectivity index (χ1v) is 10.4. The number of halogens is 4. The first-order chi connectivity index (χ1) is 15.9. The van der Waals surface area contributed by atoms with Gasteiger partial charge in [0.1, 0.15) is 5.82 Å². The summed E-state index contributed by atoms with van der Waals surface area (Å²) in [5, 5.41) is 7.12. The average molecular weight is 481 g/mol. The maximum atomic E-state index is 13.0. The molecule has 0 radical (unpaired) electrons. The van der Waals surface area contributed by atoms with E-state index >= 15 is 0 Å². The van der Waals surface area contributed by atoms with Crippen molar-refractivity contribution in [3.8, 4) is 0 Å². The molecule has 3 heterocycles. The first kappa shape index (κ1) is 25.1. The number of carbonyl (C=O) groups is 3. The van der Waals surface area contributed by atoms with Crippen LogP contribution >= 0.6 is 0 Å². The average Bonchev–Trinajstić information content (AvgIpc) is 3.34.